The molecule has 3 aromatic rings. The molecule has 0 amide bonds. The van der Waals surface area contributed by atoms with Crippen LogP contribution in [0.15, 0.2) is 57.7 Å². The molecule has 4 nitrogen and oxygen atoms in total. The summed E-state index contributed by atoms with van der Waals surface area (Å²) in [5.74, 6) is 1.21. The van der Waals surface area contributed by atoms with Crippen LogP contribution < -0.4 is 15.9 Å². The highest BCUT2D eigenvalue weighted by Crippen LogP contribution is 2.25. The van der Waals surface area contributed by atoms with E-state index in [1.807, 2.05) is 25.1 Å². The van der Waals surface area contributed by atoms with Gasteiger partial charge in [-0.15, -0.1) is 0 Å². The molecule has 0 radical (unpaired) electrons. The molecule has 0 spiro atoms. The first-order valence-electron chi connectivity index (χ1n) is 7.24. The maximum absolute atomic E-state index is 12.3. The van der Waals surface area contributed by atoms with Gasteiger partial charge in [-0.2, -0.15) is 0 Å². The summed E-state index contributed by atoms with van der Waals surface area (Å²) in [6.45, 7) is 2.66. The number of benzene rings is 2. The van der Waals surface area contributed by atoms with Crippen LogP contribution in [0.4, 0.5) is 5.69 Å². The summed E-state index contributed by atoms with van der Waals surface area (Å²) in [7, 11) is 0. The molecule has 0 aliphatic carbocycles. The summed E-state index contributed by atoms with van der Waals surface area (Å²) in [4.78, 5) is 12.3. The van der Waals surface area contributed by atoms with E-state index in [4.69, 9.17) is 14.9 Å². The number of nitrogen functional groups attached to an aromatic ring is 1. The Morgan fingerprint density at radius 3 is 2.59 bits per heavy atom. The van der Waals surface area contributed by atoms with E-state index in [-0.39, 0.29) is 5.43 Å². The molecule has 0 fully saturated rings. The van der Waals surface area contributed by atoms with Gasteiger partial charge in [0, 0.05) is 17.3 Å². The van der Waals surface area contributed by atoms with Crippen LogP contribution in [0, 0.1) is 0 Å². The second-order valence-electron chi connectivity index (χ2n) is 5.10. The fraction of sp³-hybridized carbons (Fsp3) is 0.167. The molecule has 4 heteroatoms. The van der Waals surface area contributed by atoms with Gasteiger partial charge < -0.3 is 14.9 Å². The Hall–Kier alpha value is -2.75. The lowest BCUT2D eigenvalue weighted by molar-refractivity contribution is 0.317. The van der Waals surface area contributed by atoms with Crippen molar-refractivity contribution in [2.24, 2.45) is 0 Å². The lowest BCUT2D eigenvalue weighted by Crippen LogP contribution is -2.02. The molecule has 0 aliphatic rings. The van der Waals surface area contributed by atoms with Crippen molar-refractivity contribution in [1.29, 1.82) is 0 Å². The first kappa shape index (κ1) is 14.2. The largest absolute Gasteiger partial charge is 0.494 e. The van der Waals surface area contributed by atoms with Gasteiger partial charge in [-0.1, -0.05) is 6.92 Å². The fourth-order valence-corrected chi connectivity index (χ4v) is 2.23. The summed E-state index contributed by atoms with van der Waals surface area (Å²) in [5.41, 5.74) is 7.62. The van der Waals surface area contributed by atoms with Crippen LogP contribution in [0.1, 0.15) is 13.3 Å². The molecule has 2 N–H and O–H groups in total. The highest BCUT2D eigenvalue weighted by Gasteiger charge is 2.08. The predicted molar refractivity (Wildman–Crippen MR) is 88.1 cm³/mol. The Morgan fingerprint density at radius 1 is 1.09 bits per heavy atom. The van der Waals surface area contributed by atoms with Crippen LogP contribution in [0.3, 0.4) is 0 Å². The molecule has 2 aromatic carbocycles. The number of hydrogen-bond donors (Lipinski definition) is 1. The molecule has 3 rings (SSSR count). The first-order chi connectivity index (χ1) is 10.7. The minimum Gasteiger partial charge on any atom is -0.494 e. The Balaban J connectivity index is 2.05. The Bertz CT molecular complexity index is 850. The van der Waals surface area contributed by atoms with Gasteiger partial charge in [-0.05, 0) is 48.9 Å². The third-order valence-electron chi connectivity index (χ3n) is 3.37. The molecule has 112 valence electrons. The van der Waals surface area contributed by atoms with Crippen molar-refractivity contribution in [3.63, 3.8) is 0 Å². The molecular weight excluding hydrogens is 278 g/mol. The smallest absolute Gasteiger partial charge is 0.193 e. The van der Waals surface area contributed by atoms with Crippen molar-refractivity contribution in [2.75, 3.05) is 12.3 Å². The third-order valence-corrected chi connectivity index (χ3v) is 3.37. The van der Waals surface area contributed by atoms with Crippen LogP contribution in [0.2, 0.25) is 0 Å². The van der Waals surface area contributed by atoms with E-state index in [2.05, 4.69) is 0 Å². The SMILES string of the molecule is CCCOc1ccc2oc(-c3ccc(N)cc3)cc(=O)c2c1. The maximum Gasteiger partial charge on any atom is 0.193 e. The summed E-state index contributed by atoms with van der Waals surface area (Å²) in [5, 5.41) is 0.521. The Kier molecular flexibility index (Phi) is 3.83. The van der Waals surface area contributed by atoms with Gasteiger partial charge in [-0.25, -0.2) is 0 Å². The van der Waals surface area contributed by atoms with E-state index in [9.17, 15) is 4.79 Å². The predicted octanol–water partition coefficient (Wildman–Crippen LogP) is 3.83. The van der Waals surface area contributed by atoms with E-state index in [0.717, 1.165) is 12.0 Å². The number of hydrogen-bond acceptors (Lipinski definition) is 4. The maximum atomic E-state index is 12.3. The monoisotopic (exact) mass is 295 g/mol. The summed E-state index contributed by atoms with van der Waals surface area (Å²) < 4.78 is 11.4. The zero-order valence-electron chi connectivity index (χ0n) is 12.3. The molecule has 1 aromatic heterocycles. The number of fused-ring (bicyclic) bond motifs is 1. The van der Waals surface area contributed by atoms with Crippen LogP contribution >= 0.6 is 0 Å². The lowest BCUT2D eigenvalue weighted by Gasteiger charge is -2.07. The standard InChI is InChI=1S/C18H17NO3/c1-2-9-21-14-7-8-17-15(10-14)16(20)11-18(22-17)12-3-5-13(19)6-4-12/h3-8,10-11H,2,9,19H2,1H3. The van der Waals surface area contributed by atoms with E-state index >= 15 is 0 Å². The van der Waals surface area contributed by atoms with Crippen molar-refractivity contribution in [3.05, 3.63) is 58.8 Å². The van der Waals surface area contributed by atoms with Gasteiger partial charge >= 0.3 is 0 Å². The van der Waals surface area contributed by atoms with Gasteiger partial charge in [0.05, 0.1) is 12.0 Å². The minimum atomic E-state index is -0.0879. The summed E-state index contributed by atoms with van der Waals surface area (Å²) >= 11 is 0. The number of anilines is 1. The lowest BCUT2D eigenvalue weighted by atomic mass is 10.1. The molecule has 22 heavy (non-hydrogen) atoms. The average molecular weight is 295 g/mol. The average Bonchev–Trinajstić information content (AvgIpc) is 2.53. The first-order valence-corrected chi connectivity index (χ1v) is 7.24. The molecule has 0 saturated carbocycles. The highest BCUT2D eigenvalue weighted by atomic mass is 16.5. The van der Waals surface area contributed by atoms with Crippen LogP contribution in [0.5, 0.6) is 5.75 Å². The molecule has 0 unspecified atom stereocenters. The van der Waals surface area contributed by atoms with Crippen molar-refractivity contribution in [1.82, 2.24) is 0 Å². The second kappa shape index (κ2) is 5.93. The fourth-order valence-electron chi connectivity index (χ4n) is 2.23. The number of ether oxygens (including phenoxy) is 1. The molecule has 1 heterocycles. The van der Waals surface area contributed by atoms with E-state index in [1.54, 1.807) is 24.3 Å². The normalized spacial score (nSPS) is 10.8. The zero-order valence-corrected chi connectivity index (χ0v) is 12.3. The molecular formula is C18H17NO3. The molecule has 0 atom stereocenters. The van der Waals surface area contributed by atoms with Gasteiger partial charge in [0.2, 0.25) is 0 Å². The van der Waals surface area contributed by atoms with Crippen LogP contribution in [-0.4, -0.2) is 6.61 Å². The van der Waals surface area contributed by atoms with E-state index in [1.165, 1.54) is 6.07 Å². The van der Waals surface area contributed by atoms with Crippen LogP contribution in [-0.2, 0) is 0 Å². The van der Waals surface area contributed by atoms with Crippen molar-refractivity contribution in [3.8, 4) is 17.1 Å². The minimum absolute atomic E-state index is 0.0879. The van der Waals surface area contributed by atoms with Gasteiger partial charge in [-0.3, -0.25) is 4.79 Å². The Morgan fingerprint density at radius 2 is 1.86 bits per heavy atom. The van der Waals surface area contributed by atoms with Crippen molar-refractivity contribution in [2.45, 2.75) is 13.3 Å². The molecule has 0 saturated heterocycles. The van der Waals surface area contributed by atoms with Gasteiger partial charge in [0.15, 0.2) is 5.43 Å². The second-order valence-corrected chi connectivity index (χ2v) is 5.10. The topological polar surface area (TPSA) is 65.5 Å². The third kappa shape index (κ3) is 2.81. The van der Waals surface area contributed by atoms with Crippen LogP contribution in [0.25, 0.3) is 22.3 Å². The summed E-state index contributed by atoms with van der Waals surface area (Å²) in [6.07, 6.45) is 0.919. The van der Waals surface area contributed by atoms with E-state index in [0.29, 0.717) is 34.8 Å². The van der Waals surface area contributed by atoms with Crippen molar-refractivity contribution < 1.29 is 9.15 Å². The zero-order chi connectivity index (χ0) is 15.5. The van der Waals surface area contributed by atoms with Crippen molar-refractivity contribution >= 4 is 16.7 Å². The molecule has 0 aliphatic heterocycles. The summed E-state index contributed by atoms with van der Waals surface area (Å²) in [6, 6.07) is 14.0. The van der Waals surface area contributed by atoms with E-state index < -0.39 is 0 Å². The highest BCUT2D eigenvalue weighted by molar-refractivity contribution is 5.80. The van der Waals surface area contributed by atoms with Gasteiger partial charge in [0.1, 0.15) is 17.1 Å². The quantitative estimate of drug-likeness (QED) is 0.743. The molecule has 0 bridgehead atoms. The number of nitrogens with two attached hydrogens (primary N) is 1. The number of rotatable bonds is 4. The van der Waals surface area contributed by atoms with Gasteiger partial charge in [0.25, 0.3) is 0 Å². The Labute approximate surface area is 128 Å².